The van der Waals surface area contributed by atoms with Crippen molar-refractivity contribution >= 4 is 5.91 Å². The van der Waals surface area contributed by atoms with Crippen LogP contribution in [0.3, 0.4) is 0 Å². The molecule has 0 spiro atoms. The highest BCUT2D eigenvalue weighted by Gasteiger charge is 2.28. The van der Waals surface area contributed by atoms with Crippen LogP contribution in [0.4, 0.5) is 17.6 Å². The van der Waals surface area contributed by atoms with Gasteiger partial charge in [0.15, 0.2) is 0 Å². The van der Waals surface area contributed by atoms with Crippen molar-refractivity contribution in [3.63, 3.8) is 0 Å². The van der Waals surface area contributed by atoms with Gasteiger partial charge >= 0.3 is 6.18 Å². The van der Waals surface area contributed by atoms with Gasteiger partial charge in [-0.25, -0.2) is 9.37 Å². The first kappa shape index (κ1) is 20.3. The van der Waals surface area contributed by atoms with E-state index in [1.807, 2.05) is 0 Å². The molecule has 0 atom stereocenters. The number of alkyl halides is 3. The summed E-state index contributed by atoms with van der Waals surface area (Å²) in [5, 5.41) is 5.72. The molecule has 1 N–H and O–H groups in total. The summed E-state index contributed by atoms with van der Waals surface area (Å²) < 4.78 is 60.3. The Hall–Kier alpha value is -3.43. The normalized spacial score (nSPS) is 11.3. The van der Waals surface area contributed by atoms with Crippen molar-refractivity contribution in [2.45, 2.75) is 19.7 Å². The smallest absolute Gasteiger partial charge is 0.405 e. The van der Waals surface area contributed by atoms with Gasteiger partial charge in [0, 0.05) is 17.8 Å². The number of carbonyl (C=O) groups is 1. The molecule has 10 heteroatoms. The average molecular weight is 409 g/mol. The first-order valence-electron chi connectivity index (χ1n) is 8.38. The molecular weight excluding hydrogens is 394 g/mol. The van der Waals surface area contributed by atoms with E-state index in [4.69, 9.17) is 9.26 Å². The Morgan fingerprint density at radius 3 is 2.52 bits per heavy atom. The standard InChI is InChI=1S/C19H15F4N3O3/c1-11-15(17(26-29-11)12-2-5-14(20)6-3-12)9-28-16-7-4-13(8-24-16)18(27)25-10-19(21,22)23/h2-8H,9-10H2,1H3,(H,25,27). The number of pyridine rings is 1. The quantitative estimate of drug-likeness (QED) is 0.622. The molecule has 3 rings (SSSR count). The molecule has 0 fully saturated rings. The van der Waals surface area contributed by atoms with Gasteiger partial charge in [-0.15, -0.1) is 0 Å². The van der Waals surface area contributed by atoms with Crippen molar-refractivity contribution in [1.29, 1.82) is 0 Å². The number of aromatic nitrogens is 2. The van der Waals surface area contributed by atoms with Crippen LogP contribution in [-0.4, -0.2) is 28.8 Å². The SMILES string of the molecule is Cc1onc(-c2ccc(F)cc2)c1COc1ccc(C(=O)NCC(F)(F)F)cn1. The molecule has 0 aliphatic heterocycles. The minimum atomic E-state index is -4.50. The van der Waals surface area contributed by atoms with Crippen molar-refractivity contribution in [3.05, 3.63) is 65.3 Å². The van der Waals surface area contributed by atoms with E-state index in [0.717, 1.165) is 6.20 Å². The molecule has 2 heterocycles. The van der Waals surface area contributed by atoms with Crippen LogP contribution >= 0.6 is 0 Å². The third-order valence-corrected chi connectivity index (χ3v) is 3.91. The van der Waals surface area contributed by atoms with Crippen LogP contribution in [0.2, 0.25) is 0 Å². The predicted molar refractivity (Wildman–Crippen MR) is 93.6 cm³/mol. The number of nitrogens with zero attached hydrogens (tertiary/aromatic N) is 2. The van der Waals surface area contributed by atoms with Gasteiger partial charge in [-0.1, -0.05) is 5.16 Å². The summed E-state index contributed by atoms with van der Waals surface area (Å²) in [6, 6.07) is 8.38. The molecule has 152 valence electrons. The van der Waals surface area contributed by atoms with Gasteiger partial charge in [-0.2, -0.15) is 13.2 Å². The van der Waals surface area contributed by atoms with Gasteiger partial charge in [0.25, 0.3) is 5.91 Å². The van der Waals surface area contributed by atoms with Gasteiger partial charge in [-0.05, 0) is 37.3 Å². The molecule has 0 unspecified atom stereocenters. The highest BCUT2D eigenvalue weighted by atomic mass is 19.4. The Morgan fingerprint density at radius 2 is 1.90 bits per heavy atom. The number of hydrogen-bond donors (Lipinski definition) is 1. The zero-order valence-electron chi connectivity index (χ0n) is 15.1. The van der Waals surface area contributed by atoms with E-state index in [1.165, 1.54) is 24.3 Å². The summed E-state index contributed by atoms with van der Waals surface area (Å²) in [7, 11) is 0. The number of benzene rings is 1. The highest BCUT2D eigenvalue weighted by molar-refractivity contribution is 5.93. The molecular formula is C19H15F4N3O3. The van der Waals surface area contributed by atoms with Crippen molar-refractivity contribution < 1.29 is 31.6 Å². The molecule has 1 aromatic carbocycles. The number of amides is 1. The molecule has 3 aromatic rings. The van der Waals surface area contributed by atoms with Crippen LogP contribution in [0.1, 0.15) is 21.7 Å². The lowest BCUT2D eigenvalue weighted by Gasteiger charge is -2.09. The second-order valence-electron chi connectivity index (χ2n) is 6.04. The molecule has 6 nitrogen and oxygen atoms in total. The monoisotopic (exact) mass is 409 g/mol. The number of ether oxygens (including phenoxy) is 1. The maximum atomic E-state index is 13.1. The molecule has 0 aliphatic carbocycles. The number of rotatable bonds is 6. The summed E-state index contributed by atoms with van der Waals surface area (Å²) in [6.45, 7) is 0.303. The Bertz CT molecular complexity index is 983. The topological polar surface area (TPSA) is 77.2 Å². The number of nitrogens with one attached hydrogen (secondary N) is 1. The lowest BCUT2D eigenvalue weighted by Crippen LogP contribution is -2.33. The van der Waals surface area contributed by atoms with Crippen LogP contribution in [0.5, 0.6) is 5.88 Å². The van der Waals surface area contributed by atoms with E-state index < -0.39 is 18.6 Å². The largest absolute Gasteiger partial charge is 0.473 e. The fraction of sp³-hybridized carbons (Fsp3) is 0.211. The Kier molecular flexibility index (Phi) is 5.81. The van der Waals surface area contributed by atoms with E-state index in [0.29, 0.717) is 22.6 Å². The summed E-state index contributed by atoms with van der Waals surface area (Å²) >= 11 is 0. The molecule has 0 bridgehead atoms. The van der Waals surface area contributed by atoms with Crippen LogP contribution in [0.25, 0.3) is 11.3 Å². The third-order valence-electron chi connectivity index (χ3n) is 3.91. The van der Waals surface area contributed by atoms with Crippen LogP contribution in [-0.2, 0) is 6.61 Å². The maximum absolute atomic E-state index is 13.1. The van der Waals surface area contributed by atoms with E-state index in [-0.39, 0.29) is 23.9 Å². The van der Waals surface area contributed by atoms with Gasteiger partial charge in [0.2, 0.25) is 5.88 Å². The minimum Gasteiger partial charge on any atom is -0.473 e. The molecule has 1 amide bonds. The molecule has 29 heavy (non-hydrogen) atoms. The molecule has 0 saturated carbocycles. The van der Waals surface area contributed by atoms with Crippen molar-refractivity contribution in [2.75, 3.05) is 6.54 Å². The number of hydrogen-bond acceptors (Lipinski definition) is 5. The fourth-order valence-electron chi connectivity index (χ4n) is 2.42. The molecule has 0 aliphatic rings. The average Bonchev–Trinajstić information content (AvgIpc) is 3.05. The Labute approximate surface area is 162 Å². The first-order valence-corrected chi connectivity index (χ1v) is 8.38. The van der Waals surface area contributed by atoms with Gasteiger partial charge in [0.1, 0.15) is 30.4 Å². The lowest BCUT2D eigenvalue weighted by atomic mass is 10.1. The van der Waals surface area contributed by atoms with Crippen LogP contribution in [0, 0.1) is 12.7 Å². The van der Waals surface area contributed by atoms with Crippen LogP contribution < -0.4 is 10.1 Å². The first-order chi connectivity index (χ1) is 13.7. The van der Waals surface area contributed by atoms with Crippen molar-refractivity contribution in [1.82, 2.24) is 15.5 Å². The van der Waals surface area contributed by atoms with E-state index in [9.17, 15) is 22.4 Å². The molecule has 0 radical (unpaired) electrons. The summed E-state index contributed by atoms with van der Waals surface area (Å²) in [5.74, 6) is -0.610. The van der Waals surface area contributed by atoms with Gasteiger partial charge in [-0.3, -0.25) is 4.79 Å². The molecule has 2 aromatic heterocycles. The summed E-state index contributed by atoms with van der Waals surface area (Å²) in [5.41, 5.74) is 1.73. The summed E-state index contributed by atoms with van der Waals surface area (Å²) in [4.78, 5) is 15.6. The highest BCUT2D eigenvalue weighted by Crippen LogP contribution is 2.26. The minimum absolute atomic E-state index is 0.0326. The van der Waals surface area contributed by atoms with E-state index in [1.54, 1.807) is 24.4 Å². The summed E-state index contributed by atoms with van der Waals surface area (Å²) in [6.07, 6.45) is -3.38. The second kappa shape index (κ2) is 8.29. The molecule has 0 saturated heterocycles. The van der Waals surface area contributed by atoms with Crippen molar-refractivity contribution in [3.8, 4) is 17.1 Å². The zero-order valence-corrected chi connectivity index (χ0v) is 15.1. The Balaban J connectivity index is 1.66. The Morgan fingerprint density at radius 1 is 1.17 bits per heavy atom. The van der Waals surface area contributed by atoms with Gasteiger partial charge < -0.3 is 14.6 Å². The maximum Gasteiger partial charge on any atom is 0.405 e. The fourth-order valence-corrected chi connectivity index (χ4v) is 2.42. The van der Waals surface area contributed by atoms with E-state index >= 15 is 0 Å². The predicted octanol–water partition coefficient (Wildman–Crippen LogP) is 4.06. The number of halogens is 4. The lowest BCUT2D eigenvalue weighted by molar-refractivity contribution is -0.123. The zero-order chi connectivity index (χ0) is 21.0. The number of carbonyl (C=O) groups excluding carboxylic acids is 1. The van der Waals surface area contributed by atoms with Crippen LogP contribution in [0.15, 0.2) is 47.1 Å². The van der Waals surface area contributed by atoms with Gasteiger partial charge in [0.05, 0.1) is 11.1 Å². The number of aryl methyl sites for hydroxylation is 1. The second-order valence-corrected chi connectivity index (χ2v) is 6.04. The van der Waals surface area contributed by atoms with Crippen molar-refractivity contribution in [2.24, 2.45) is 0 Å². The third kappa shape index (κ3) is 5.31. The van der Waals surface area contributed by atoms with E-state index in [2.05, 4.69) is 10.1 Å².